The Morgan fingerprint density at radius 3 is 1.19 bits per heavy atom. The summed E-state index contributed by atoms with van der Waals surface area (Å²) in [7, 11) is 40.5. The topological polar surface area (TPSA) is 547 Å². The van der Waals surface area contributed by atoms with Crippen LogP contribution in [0.2, 0.25) is 0 Å². The number of alkyl halides is 1. The number of hydrogen-bond donors (Lipinski definition) is 21. The van der Waals surface area contributed by atoms with Crippen molar-refractivity contribution in [1.82, 2.24) is 10.6 Å². The molecule has 8 fully saturated rings. The van der Waals surface area contributed by atoms with E-state index in [0.29, 0.717) is 0 Å². The number of rotatable bonds is 15. The summed E-state index contributed by atoms with van der Waals surface area (Å²) in [6.45, 7) is -1.03. The van der Waals surface area contributed by atoms with Gasteiger partial charge in [0.15, 0.2) is 43.9 Å². The third-order valence-electron chi connectivity index (χ3n) is 16.3. The number of likely N-dealkylation sites (N-methyl/N-ethyl adjacent to an activating group) is 2. The normalized spacial score (nSPS) is 48.3. The predicted octanol–water partition coefficient (Wildman–Crippen LogP) is -17.5. The molecule has 6 heterocycles. The van der Waals surface area contributed by atoms with Crippen LogP contribution in [-0.4, -0.2) is 379 Å². The van der Waals surface area contributed by atoms with Crippen LogP contribution in [0.4, 0.5) is 4.39 Å². The monoisotopic (exact) mass is 1210 g/mol. The molecule has 16 radical (unpaired) electrons. The second kappa shape index (κ2) is 34.6. The summed E-state index contributed by atoms with van der Waals surface area (Å²) in [6.07, 6.45) is -30.1. The molecule has 2 saturated carbocycles. The second-order valence-electron chi connectivity index (χ2n) is 22.6. The molecule has 0 aromatic heterocycles. The minimum Gasteiger partial charge on any atom is -0.394 e. The molecule has 18 unspecified atom stereocenters. The van der Waals surface area contributed by atoms with Crippen molar-refractivity contribution >= 4 is 87.4 Å². The average molecular weight is 1210 g/mol. The fourth-order valence-electron chi connectivity index (χ4n) is 11.0. The van der Waals surface area contributed by atoms with Crippen molar-refractivity contribution in [1.29, 1.82) is 0 Å². The molecule has 0 aromatic carbocycles. The smallest absolute Gasteiger partial charge is 0.189 e. The Labute approximate surface area is 511 Å². The number of fused-ring (bicyclic) bond motifs is 2. The van der Waals surface area contributed by atoms with Crippen LogP contribution in [0.1, 0.15) is 25.7 Å². The molecule has 0 spiro atoms. The van der Waals surface area contributed by atoms with E-state index in [1.807, 2.05) is 0 Å². The molecule has 6 aliphatic heterocycles. The molecule has 34 atom stereocenters. The zero-order valence-corrected chi connectivity index (χ0v) is 47.8. The summed E-state index contributed by atoms with van der Waals surface area (Å²) in [4.78, 5) is 0. The van der Waals surface area contributed by atoms with Crippen LogP contribution >= 0.6 is 0 Å². The number of halogens is 1. The summed E-state index contributed by atoms with van der Waals surface area (Å²) in [5.74, 6) is 0. The van der Waals surface area contributed by atoms with Gasteiger partial charge in [-0.15, -0.1) is 0 Å². The SMILES string of the molecule is CNC1C(O[C@H]2OC(CO)[C@@H](N)[C@H](O)C2O)O[C@H]2CC(N)[C@@H](O[C@@H]3C(N)C[C@@H](N)C(O)[C@H]3F)OC2C1O.CNC1C(O[C@H]2OC(CO)[C@@H](N)[C@H](O)C2O)O[C@H]2CC(N)[C@@H](O[C@@H]3C(N)C[C@@H](N)C(O)[C@H]3O)OC2C1O.[B][B]B([B])B([B])[B].[B][B]B([B])[B]. The highest BCUT2D eigenvalue weighted by molar-refractivity contribution is 7.81. The van der Waals surface area contributed by atoms with Gasteiger partial charge in [0.25, 0.3) is 0 Å². The Morgan fingerprint density at radius 1 is 0.453 bits per heavy atom. The largest absolute Gasteiger partial charge is 0.394 e. The Kier molecular flexibility index (Phi) is 30.6. The lowest BCUT2D eigenvalue weighted by atomic mass is 8.76. The molecule has 2 aliphatic carbocycles. The van der Waals surface area contributed by atoms with Crippen molar-refractivity contribution < 1.29 is 108 Å². The lowest BCUT2D eigenvalue weighted by molar-refractivity contribution is -0.373. The third kappa shape index (κ3) is 18.4. The minimum absolute atomic E-state index is 0.116. The van der Waals surface area contributed by atoms with Gasteiger partial charge in [0.1, 0.15) is 85.5 Å². The van der Waals surface area contributed by atoms with E-state index in [2.05, 4.69) is 10.6 Å². The fourth-order valence-corrected chi connectivity index (χ4v) is 11.0. The van der Waals surface area contributed by atoms with Gasteiger partial charge < -0.3 is 160 Å². The molecule has 6 saturated heterocycles. The van der Waals surface area contributed by atoms with Gasteiger partial charge in [-0.25, -0.2) is 4.39 Å². The molecule has 468 valence electrons. The summed E-state index contributed by atoms with van der Waals surface area (Å²) in [5, 5.41) is 119. The number of ether oxygens (including phenoxy) is 10. The number of aliphatic hydroxyl groups excluding tert-OH is 11. The average Bonchev–Trinajstić information content (AvgIpc) is 0.975. The zero-order chi connectivity index (χ0) is 64.5. The molecule has 86 heavy (non-hydrogen) atoms. The highest BCUT2D eigenvalue weighted by atomic mass is 19.1. The van der Waals surface area contributed by atoms with Crippen molar-refractivity contribution in [2.45, 2.75) is 234 Å². The zero-order valence-electron chi connectivity index (χ0n) is 47.8. The first-order chi connectivity index (χ1) is 40.4. The van der Waals surface area contributed by atoms with Crippen molar-refractivity contribution in [2.75, 3.05) is 27.3 Å². The van der Waals surface area contributed by atoms with Crippen LogP contribution < -0.4 is 56.5 Å². The van der Waals surface area contributed by atoms with Gasteiger partial charge in [0, 0.05) is 112 Å². The molecule has 0 amide bonds. The van der Waals surface area contributed by atoms with Crippen molar-refractivity contribution in [3.05, 3.63) is 0 Å². The number of nitrogens with two attached hydrogens (primary N) is 8. The van der Waals surface area contributed by atoms with Crippen molar-refractivity contribution in [3.63, 3.8) is 0 Å². The molecule has 8 rings (SSSR count). The third-order valence-corrected chi connectivity index (χ3v) is 16.3. The van der Waals surface area contributed by atoms with Gasteiger partial charge in [0.05, 0.1) is 67.8 Å². The van der Waals surface area contributed by atoms with E-state index in [1.165, 1.54) is 21.2 Å². The van der Waals surface area contributed by atoms with Gasteiger partial charge in [-0.3, -0.25) is 0 Å². The summed E-state index contributed by atoms with van der Waals surface area (Å²) >= 11 is 0. The lowest BCUT2D eigenvalue weighted by Gasteiger charge is -2.51. The van der Waals surface area contributed by atoms with Crippen molar-refractivity contribution in [3.8, 4) is 0 Å². The minimum atomic E-state index is -1.85. The van der Waals surface area contributed by atoms with Gasteiger partial charge in [-0.1, -0.05) is 0 Å². The van der Waals surface area contributed by atoms with E-state index in [1.54, 1.807) is 7.05 Å². The molecule has 0 bridgehead atoms. The Bertz CT molecular complexity index is 1870. The van der Waals surface area contributed by atoms with Crippen LogP contribution in [0, 0.1) is 0 Å². The van der Waals surface area contributed by atoms with Crippen LogP contribution in [0.3, 0.4) is 0 Å². The molecular weight excluding hydrogens is 1130 g/mol. The highest BCUT2D eigenvalue weighted by Gasteiger charge is 2.57. The quantitative estimate of drug-likeness (QED) is 0.0677. The van der Waals surface area contributed by atoms with E-state index >= 15 is 0 Å². The Balaban J connectivity index is 0.000000264. The Morgan fingerprint density at radius 2 is 0.837 bits per heavy atom. The number of aliphatic hydroxyl groups is 11. The van der Waals surface area contributed by atoms with E-state index in [0.717, 1.165) is 0 Å². The summed E-state index contributed by atoms with van der Waals surface area (Å²) in [6, 6.07) is -8.44. The number of nitrogens with one attached hydrogen (secondary N) is 2. The lowest BCUT2D eigenvalue weighted by Crippen LogP contribution is -2.70. The van der Waals surface area contributed by atoms with Crippen LogP contribution in [0.25, 0.3) is 0 Å². The maximum absolute atomic E-state index is 14.8. The molecule has 8 aliphatic rings. The molecule has 29 N–H and O–H groups in total. The van der Waals surface area contributed by atoms with Crippen LogP contribution in [-0.2, 0) is 47.4 Å². The summed E-state index contributed by atoms with van der Waals surface area (Å²) < 4.78 is 72.9. The highest BCUT2D eigenvalue weighted by Crippen LogP contribution is 2.38. The maximum Gasteiger partial charge on any atom is 0.189 e. The second-order valence-corrected chi connectivity index (χ2v) is 22.6. The molecule has 0 aromatic rings. The number of hydrogen-bond acceptors (Lipinski definition) is 31. The first kappa shape index (κ1) is 76.2. The van der Waals surface area contributed by atoms with E-state index in [4.69, 9.17) is 147 Å². The predicted molar refractivity (Wildman–Crippen MR) is 314 cm³/mol. The van der Waals surface area contributed by atoms with E-state index < -0.39 is 234 Å². The van der Waals surface area contributed by atoms with Gasteiger partial charge in [-0.05, 0) is 39.8 Å². The first-order valence-corrected chi connectivity index (χ1v) is 28.2. The van der Waals surface area contributed by atoms with Crippen LogP contribution in [0.15, 0.2) is 0 Å². The van der Waals surface area contributed by atoms with Crippen LogP contribution in [0.5, 0.6) is 0 Å². The van der Waals surface area contributed by atoms with Gasteiger partial charge in [-0.2, -0.15) is 0 Å². The van der Waals surface area contributed by atoms with E-state index in [9.17, 15) is 60.6 Å². The first-order valence-electron chi connectivity index (χ1n) is 28.2. The fraction of sp³-hybridized carbons (Fsp3) is 1.00. The molecular formula is C42H81B12FN10O21. The van der Waals surface area contributed by atoms with Crippen molar-refractivity contribution in [2.24, 2.45) is 45.9 Å². The maximum atomic E-state index is 14.8. The summed E-state index contributed by atoms with van der Waals surface area (Å²) in [5.41, 5.74) is 47.7. The van der Waals surface area contributed by atoms with Gasteiger partial charge in [0.2, 0.25) is 0 Å². The molecule has 44 heteroatoms. The Hall–Kier alpha value is -0.531. The van der Waals surface area contributed by atoms with Gasteiger partial charge >= 0.3 is 0 Å². The standard InChI is InChI=1S/C21H40FN5O10.C21H41N5O11.B7.B5/c1-27-12-15(31)18-8(33-20(12)37-21-16(32)14(30)11(26)9(4-28)34-21)3-7(25)19(36-18)35-17-6(24)2-5(23)13(29)10(17)22;1-26-11-14(30)18-8(33-20(11)37-21-16(32)13(29)10(25)9(4-27)34-21)3-7(24)19(36-18)35-17-6(23)2-5(22)12(28)15(17)31;1-5-7(4)6(2)3;1-4-5(2)3/h5-21,27-32H,2-4,23-26H2,1H3;5-21,26-32H,2-4,22-25H2,1H3;;/t5-,6?,7?,8+,9?,10-,11-,12?,13?,14+,15?,16?,17-,18?,19+,20?,21-;5-,6?,7?,8+,9?,10-,11?,12?,13+,14?,15-,16?,17-,18?,19+,20?,21-;;/m11../s1. The van der Waals surface area contributed by atoms with E-state index in [-0.39, 0.29) is 32.1 Å². The molecule has 31 nitrogen and oxygen atoms in total.